The van der Waals surface area contributed by atoms with Crippen LogP contribution in [0.2, 0.25) is 0 Å². The van der Waals surface area contributed by atoms with Gasteiger partial charge in [-0.15, -0.1) is 0 Å². The molecule has 0 spiro atoms. The maximum atomic E-state index is 12.7. The van der Waals surface area contributed by atoms with E-state index in [9.17, 15) is 14.4 Å². The van der Waals surface area contributed by atoms with Gasteiger partial charge in [-0.25, -0.2) is 0 Å². The molecule has 0 aliphatic rings. The second-order valence-corrected chi connectivity index (χ2v) is 16.0. The van der Waals surface area contributed by atoms with E-state index in [1.54, 1.807) is 0 Å². The molecular formula is C51H90O6. The van der Waals surface area contributed by atoms with Gasteiger partial charge in [0.05, 0.1) is 0 Å². The fraction of sp³-hybridized carbons (Fsp3) is 0.784. The van der Waals surface area contributed by atoms with E-state index in [1.807, 2.05) is 0 Å². The topological polar surface area (TPSA) is 78.9 Å². The van der Waals surface area contributed by atoms with Crippen LogP contribution in [0.1, 0.15) is 239 Å². The Morgan fingerprint density at radius 1 is 0.351 bits per heavy atom. The molecule has 0 aromatic rings. The Labute approximate surface area is 352 Å². The van der Waals surface area contributed by atoms with Gasteiger partial charge in [0, 0.05) is 19.3 Å². The van der Waals surface area contributed by atoms with Crippen LogP contribution in [0, 0.1) is 0 Å². The summed E-state index contributed by atoms with van der Waals surface area (Å²) in [6.07, 6.45) is 53.7. The molecule has 0 fully saturated rings. The molecule has 1 unspecified atom stereocenters. The third-order valence-corrected chi connectivity index (χ3v) is 10.3. The smallest absolute Gasteiger partial charge is 0.306 e. The quantitative estimate of drug-likeness (QED) is 0.0265. The van der Waals surface area contributed by atoms with Gasteiger partial charge in [0.1, 0.15) is 13.2 Å². The van der Waals surface area contributed by atoms with Crippen LogP contribution in [0.25, 0.3) is 0 Å². The number of carbonyl (C=O) groups excluding carboxylic acids is 3. The number of hydrogen-bond acceptors (Lipinski definition) is 6. The summed E-state index contributed by atoms with van der Waals surface area (Å²) >= 11 is 0. The molecule has 0 bridgehead atoms. The largest absolute Gasteiger partial charge is 0.462 e. The minimum absolute atomic E-state index is 0.0853. The van der Waals surface area contributed by atoms with Crippen molar-refractivity contribution in [1.29, 1.82) is 0 Å². The highest BCUT2D eigenvalue weighted by Gasteiger charge is 2.19. The highest BCUT2D eigenvalue weighted by atomic mass is 16.6. The summed E-state index contributed by atoms with van der Waals surface area (Å²) in [4.78, 5) is 37.8. The number of ether oxygens (including phenoxy) is 3. The summed E-state index contributed by atoms with van der Waals surface area (Å²) < 4.78 is 16.7. The first kappa shape index (κ1) is 54.4. The predicted octanol–water partition coefficient (Wildman–Crippen LogP) is 15.5. The maximum Gasteiger partial charge on any atom is 0.306 e. The van der Waals surface area contributed by atoms with Crippen LogP contribution in [-0.4, -0.2) is 37.2 Å². The fourth-order valence-corrected chi connectivity index (χ4v) is 6.55. The van der Waals surface area contributed by atoms with Crippen molar-refractivity contribution in [2.45, 2.75) is 245 Å². The first-order chi connectivity index (χ1) is 28.0. The standard InChI is InChI=1S/C51H90O6/c1-4-7-10-13-16-19-22-24-26-29-32-35-38-41-44-50(53)56-47-48(46-55-49(52)43-40-37-34-31-28-21-18-15-12-9-6-3)57-51(54)45-42-39-36-33-30-27-25-23-20-17-14-11-8-5-2/h13,15-16,18,22-25,48H,4-12,14,17,19-21,26-47H2,1-3H3/b16-13-,18-15-,24-22-,25-23-. The van der Waals surface area contributed by atoms with E-state index in [1.165, 1.54) is 103 Å². The molecule has 0 N–H and O–H groups in total. The Bertz CT molecular complexity index is 1010. The van der Waals surface area contributed by atoms with Crippen molar-refractivity contribution >= 4 is 17.9 Å². The van der Waals surface area contributed by atoms with E-state index in [-0.39, 0.29) is 31.1 Å². The Hall–Kier alpha value is -2.63. The van der Waals surface area contributed by atoms with Crippen LogP contribution in [0.5, 0.6) is 0 Å². The highest BCUT2D eigenvalue weighted by molar-refractivity contribution is 5.71. The van der Waals surface area contributed by atoms with Gasteiger partial charge in [-0.1, -0.05) is 179 Å². The maximum absolute atomic E-state index is 12.7. The van der Waals surface area contributed by atoms with Crippen molar-refractivity contribution in [2.75, 3.05) is 13.2 Å². The molecule has 0 heterocycles. The average Bonchev–Trinajstić information content (AvgIpc) is 3.21. The van der Waals surface area contributed by atoms with E-state index in [2.05, 4.69) is 69.4 Å². The van der Waals surface area contributed by atoms with Crippen molar-refractivity contribution in [1.82, 2.24) is 0 Å². The molecule has 0 amide bonds. The van der Waals surface area contributed by atoms with E-state index in [0.717, 1.165) is 96.3 Å². The second kappa shape index (κ2) is 46.1. The SMILES string of the molecule is CCCC/C=C\C/C=C\CCCCCCCC(=O)OCC(COC(=O)CCCCCCC/C=C\CCCC)OC(=O)CCCCCCC/C=C\CCCCCCC. The van der Waals surface area contributed by atoms with Crippen LogP contribution < -0.4 is 0 Å². The number of rotatable bonds is 43. The summed E-state index contributed by atoms with van der Waals surface area (Å²) in [7, 11) is 0. The number of unbranched alkanes of at least 4 members (excludes halogenated alkanes) is 24. The lowest BCUT2D eigenvalue weighted by Crippen LogP contribution is -2.30. The molecule has 1 atom stereocenters. The van der Waals surface area contributed by atoms with Crippen LogP contribution in [0.4, 0.5) is 0 Å². The summed E-state index contributed by atoms with van der Waals surface area (Å²) in [5.41, 5.74) is 0. The molecule has 330 valence electrons. The van der Waals surface area contributed by atoms with Crippen LogP contribution >= 0.6 is 0 Å². The van der Waals surface area contributed by atoms with Gasteiger partial charge in [-0.2, -0.15) is 0 Å². The second-order valence-electron chi connectivity index (χ2n) is 16.0. The molecule has 0 saturated heterocycles. The summed E-state index contributed by atoms with van der Waals surface area (Å²) in [6, 6.07) is 0. The molecule has 0 aliphatic carbocycles. The lowest BCUT2D eigenvalue weighted by Gasteiger charge is -2.18. The van der Waals surface area contributed by atoms with Gasteiger partial charge in [0.25, 0.3) is 0 Å². The molecule has 6 nitrogen and oxygen atoms in total. The highest BCUT2D eigenvalue weighted by Crippen LogP contribution is 2.13. The minimum atomic E-state index is -0.783. The van der Waals surface area contributed by atoms with Crippen LogP contribution in [-0.2, 0) is 28.6 Å². The Balaban J connectivity index is 4.41. The first-order valence-corrected chi connectivity index (χ1v) is 24.1. The third kappa shape index (κ3) is 44.3. The van der Waals surface area contributed by atoms with Crippen molar-refractivity contribution in [3.05, 3.63) is 48.6 Å². The third-order valence-electron chi connectivity index (χ3n) is 10.3. The average molecular weight is 799 g/mol. The van der Waals surface area contributed by atoms with E-state index in [4.69, 9.17) is 14.2 Å². The zero-order chi connectivity index (χ0) is 41.5. The minimum Gasteiger partial charge on any atom is -0.462 e. The van der Waals surface area contributed by atoms with E-state index < -0.39 is 6.10 Å². The number of carbonyl (C=O) groups is 3. The molecule has 0 aromatic heterocycles. The fourth-order valence-electron chi connectivity index (χ4n) is 6.55. The zero-order valence-electron chi connectivity index (χ0n) is 37.6. The Morgan fingerprint density at radius 3 is 1.04 bits per heavy atom. The predicted molar refractivity (Wildman–Crippen MR) is 242 cm³/mol. The van der Waals surface area contributed by atoms with Crippen molar-refractivity contribution in [3.8, 4) is 0 Å². The van der Waals surface area contributed by atoms with Gasteiger partial charge in [0.2, 0.25) is 0 Å². The lowest BCUT2D eigenvalue weighted by molar-refractivity contribution is -0.167. The molecule has 0 aliphatic heterocycles. The Morgan fingerprint density at radius 2 is 0.649 bits per heavy atom. The molecule has 57 heavy (non-hydrogen) atoms. The summed E-state index contributed by atoms with van der Waals surface area (Å²) in [5, 5.41) is 0. The van der Waals surface area contributed by atoms with Gasteiger partial charge in [-0.05, 0) is 89.9 Å². The number of esters is 3. The van der Waals surface area contributed by atoms with Gasteiger partial charge >= 0.3 is 17.9 Å². The van der Waals surface area contributed by atoms with Gasteiger partial charge in [0.15, 0.2) is 6.10 Å². The molecule has 0 aromatic carbocycles. The molecule has 6 heteroatoms. The van der Waals surface area contributed by atoms with Gasteiger partial charge < -0.3 is 14.2 Å². The van der Waals surface area contributed by atoms with Crippen molar-refractivity contribution in [2.24, 2.45) is 0 Å². The van der Waals surface area contributed by atoms with E-state index >= 15 is 0 Å². The molecular weight excluding hydrogens is 709 g/mol. The van der Waals surface area contributed by atoms with Crippen molar-refractivity contribution in [3.63, 3.8) is 0 Å². The monoisotopic (exact) mass is 799 g/mol. The van der Waals surface area contributed by atoms with Crippen LogP contribution in [0.3, 0.4) is 0 Å². The molecule has 0 saturated carbocycles. The van der Waals surface area contributed by atoms with Crippen molar-refractivity contribution < 1.29 is 28.6 Å². The molecule has 0 rings (SSSR count). The molecule has 0 radical (unpaired) electrons. The lowest BCUT2D eigenvalue weighted by atomic mass is 10.1. The number of allylic oxidation sites excluding steroid dienone is 8. The van der Waals surface area contributed by atoms with Crippen LogP contribution in [0.15, 0.2) is 48.6 Å². The normalized spacial score (nSPS) is 12.4. The summed E-state index contributed by atoms with van der Waals surface area (Å²) in [5.74, 6) is -0.916. The number of hydrogen-bond donors (Lipinski definition) is 0. The first-order valence-electron chi connectivity index (χ1n) is 24.1. The van der Waals surface area contributed by atoms with E-state index in [0.29, 0.717) is 19.3 Å². The Kier molecular flexibility index (Phi) is 43.9. The summed E-state index contributed by atoms with van der Waals surface area (Å²) in [6.45, 7) is 6.52. The zero-order valence-corrected chi connectivity index (χ0v) is 37.6. The van der Waals surface area contributed by atoms with Gasteiger partial charge in [-0.3, -0.25) is 14.4 Å².